The van der Waals surface area contributed by atoms with Crippen molar-refractivity contribution < 1.29 is 4.42 Å². The lowest BCUT2D eigenvalue weighted by Gasteiger charge is -2.36. The molecule has 2 aliphatic rings. The van der Waals surface area contributed by atoms with Crippen molar-refractivity contribution in [3.05, 3.63) is 106 Å². The van der Waals surface area contributed by atoms with Crippen molar-refractivity contribution >= 4 is 11.8 Å². The standard InChI is InChI=1S/C29H28N2O2S/c32-27-25-26(24-13-5-4-11-22(24)19-29(25)15-6-7-16-29)30-28(31(27)20-23-12-8-17-33-23)34-18-14-21-9-2-1-3-10-21/h1-5,8-13,17H,6-7,14-16,18-20H2. The topological polar surface area (TPSA) is 48.0 Å². The van der Waals surface area contributed by atoms with Crippen LogP contribution in [0.4, 0.5) is 0 Å². The SMILES string of the molecule is O=c1c2c(nc(SCCc3ccccc3)n1Cc1ccco1)-c1ccccc1CC21CCCC1. The number of rotatable bonds is 6. The Morgan fingerprint density at radius 2 is 1.76 bits per heavy atom. The Balaban J connectivity index is 1.47. The van der Waals surface area contributed by atoms with Crippen LogP contribution in [-0.2, 0) is 24.8 Å². The number of aryl methyl sites for hydroxylation is 1. The molecule has 0 atom stereocenters. The fourth-order valence-corrected chi connectivity index (χ4v) is 6.74. The number of aromatic nitrogens is 2. The average Bonchev–Trinajstić information content (AvgIpc) is 3.55. The van der Waals surface area contributed by atoms with Gasteiger partial charge in [-0.3, -0.25) is 9.36 Å². The van der Waals surface area contributed by atoms with Gasteiger partial charge in [0.05, 0.1) is 24.1 Å². The molecule has 2 aromatic carbocycles. The second kappa shape index (κ2) is 8.95. The van der Waals surface area contributed by atoms with Gasteiger partial charge in [-0.25, -0.2) is 4.98 Å². The van der Waals surface area contributed by atoms with Gasteiger partial charge in [-0.15, -0.1) is 0 Å². The number of hydrogen-bond acceptors (Lipinski definition) is 4. The molecule has 0 N–H and O–H groups in total. The van der Waals surface area contributed by atoms with E-state index >= 15 is 0 Å². The maximum atomic E-state index is 14.2. The maximum Gasteiger partial charge on any atom is 0.258 e. The molecule has 34 heavy (non-hydrogen) atoms. The Bertz CT molecular complexity index is 1350. The first kappa shape index (κ1) is 21.5. The highest BCUT2D eigenvalue weighted by Crippen LogP contribution is 2.50. The minimum absolute atomic E-state index is 0.0913. The first-order valence-corrected chi connectivity index (χ1v) is 13.1. The average molecular weight is 469 g/mol. The molecule has 172 valence electrons. The zero-order chi connectivity index (χ0) is 23.0. The summed E-state index contributed by atoms with van der Waals surface area (Å²) in [5.41, 5.74) is 5.61. The highest BCUT2D eigenvalue weighted by atomic mass is 32.2. The predicted molar refractivity (Wildman–Crippen MR) is 136 cm³/mol. The van der Waals surface area contributed by atoms with E-state index in [0.29, 0.717) is 6.54 Å². The van der Waals surface area contributed by atoms with Crippen LogP contribution in [0.5, 0.6) is 0 Å². The molecule has 2 aromatic heterocycles. The first-order valence-electron chi connectivity index (χ1n) is 12.2. The molecule has 0 radical (unpaired) electrons. The fraction of sp³-hybridized carbons (Fsp3) is 0.310. The number of thioether (sulfide) groups is 1. The molecule has 2 heterocycles. The third-order valence-electron chi connectivity index (χ3n) is 7.39. The lowest BCUT2D eigenvalue weighted by molar-refractivity contribution is 0.412. The van der Waals surface area contributed by atoms with Crippen LogP contribution in [0.15, 0.2) is 87.4 Å². The summed E-state index contributed by atoms with van der Waals surface area (Å²) in [6, 6.07) is 22.8. The lowest BCUT2D eigenvalue weighted by atomic mass is 9.68. The molecular weight excluding hydrogens is 440 g/mol. The van der Waals surface area contributed by atoms with Gasteiger partial charge in [-0.2, -0.15) is 0 Å². The normalized spacial score (nSPS) is 15.9. The van der Waals surface area contributed by atoms with E-state index in [4.69, 9.17) is 9.40 Å². The highest BCUT2D eigenvalue weighted by molar-refractivity contribution is 7.99. The molecule has 0 unspecified atom stereocenters. The Morgan fingerprint density at radius 1 is 0.971 bits per heavy atom. The molecule has 1 fully saturated rings. The Labute approximate surface area is 204 Å². The molecule has 0 bridgehead atoms. The first-order chi connectivity index (χ1) is 16.7. The fourth-order valence-electron chi connectivity index (χ4n) is 5.76. The number of benzene rings is 2. The Kier molecular flexibility index (Phi) is 5.66. The number of hydrogen-bond donors (Lipinski definition) is 0. The van der Waals surface area contributed by atoms with Gasteiger partial charge >= 0.3 is 0 Å². The van der Waals surface area contributed by atoms with Gasteiger partial charge < -0.3 is 4.42 Å². The Hall–Kier alpha value is -3.05. The van der Waals surface area contributed by atoms with Crippen molar-refractivity contribution in [2.75, 3.05) is 5.75 Å². The van der Waals surface area contributed by atoms with Gasteiger partial charge in [-0.1, -0.05) is 79.2 Å². The van der Waals surface area contributed by atoms with Crippen molar-refractivity contribution in [2.45, 2.75) is 55.6 Å². The lowest BCUT2D eigenvalue weighted by Crippen LogP contribution is -2.40. The second-order valence-corrected chi connectivity index (χ2v) is 10.6. The summed E-state index contributed by atoms with van der Waals surface area (Å²) in [5.74, 6) is 1.64. The molecule has 2 aliphatic carbocycles. The predicted octanol–water partition coefficient (Wildman–Crippen LogP) is 6.25. The molecule has 5 heteroatoms. The van der Waals surface area contributed by atoms with Crippen molar-refractivity contribution in [3.63, 3.8) is 0 Å². The zero-order valence-corrected chi connectivity index (χ0v) is 20.0. The molecule has 1 spiro atoms. The molecule has 0 saturated heterocycles. The molecule has 0 amide bonds. The summed E-state index contributed by atoms with van der Waals surface area (Å²) in [4.78, 5) is 19.5. The van der Waals surface area contributed by atoms with E-state index in [2.05, 4.69) is 48.5 Å². The summed E-state index contributed by atoms with van der Waals surface area (Å²) in [5, 5.41) is 0.779. The largest absolute Gasteiger partial charge is 0.467 e. The molecule has 4 aromatic rings. The van der Waals surface area contributed by atoms with Gasteiger partial charge in [0.1, 0.15) is 5.76 Å². The van der Waals surface area contributed by atoms with E-state index in [1.165, 1.54) is 24.0 Å². The zero-order valence-electron chi connectivity index (χ0n) is 19.2. The summed E-state index contributed by atoms with van der Waals surface area (Å²) in [6.45, 7) is 0.414. The third-order valence-corrected chi connectivity index (χ3v) is 8.36. The second-order valence-electron chi connectivity index (χ2n) is 9.49. The van der Waals surface area contributed by atoms with E-state index in [-0.39, 0.29) is 11.0 Å². The van der Waals surface area contributed by atoms with Crippen LogP contribution in [0.25, 0.3) is 11.3 Å². The van der Waals surface area contributed by atoms with Crippen LogP contribution in [-0.4, -0.2) is 15.3 Å². The maximum absolute atomic E-state index is 14.2. The van der Waals surface area contributed by atoms with Crippen LogP contribution in [0.2, 0.25) is 0 Å². The minimum atomic E-state index is -0.0913. The minimum Gasteiger partial charge on any atom is -0.467 e. The van der Waals surface area contributed by atoms with Crippen molar-refractivity contribution in [1.29, 1.82) is 0 Å². The highest BCUT2D eigenvalue weighted by Gasteiger charge is 2.44. The van der Waals surface area contributed by atoms with Gasteiger partial charge in [0, 0.05) is 16.7 Å². The van der Waals surface area contributed by atoms with Gasteiger partial charge in [0.2, 0.25) is 0 Å². The molecular formula is C29H28N2O2S. The monoisotopic (exact) mass is 468 g/mol. The van der Waals surface area contributed by atoms with Crippen LogP contribution < -0.4 is 5.56 Å². The number of nitrogens with zero attached hydrogens (tertiary/aromatic N) is 2. The molecule has 4 nitrogen and oxygen atoms in total. The van der Waals surface area contributed by atoms with E-state index in [0.717, 1.165) is 59.2 Å². The van der Waals surface area contributed by atoms with Crippen molar-refractivity contribution in [1.82, 2.24) is 9.55 Å². The van der Waals surface area contributed by atoms with E-state index in [1.54, 1.807) is 18.0 Å². The third kappa shape index (κ3) is 3.82. The quantitative estimate of drug-likeness (QED) is 0.248. The van der Waals surface area contributed by atoms with Gasteiger partial charge in [0.25, 0.3) is 5.56 Å². The molecule has 1 saturated carbocycles. The van der Waals surface area contributed by atoms with Crippen LogP contribution in [0, 0.1) is 0 Å². The van der Waals surface area contributed by atoms with E-state index in [9.17, 15) is 4.79 Å². The summed E-state index contributed by atoms with van der Waals surface area (Å²) in [7, 11) is 0. The summed E-state index contributed by atoms with van der Waals surface area (Å²) in [6.07, 6.45) is 8.01. The van der Waals surface area contributed by atoms with Gasteiger partial charge in [-0.05, 0) is 48.9 Å². The molecule has 0 aliphatic heterocycles. The van der Waals surface area contributed by atoms with Crippen molar-refractivity contribution in [2.24, 2.45) is 0 Å². The summed E-state index contributed by atoms with van der Waals surface area (Å²) < 4.78 is 7.50. The summed E-state index contributed by atoms with van der Waals surface area (Å²) >= 11 is 1.67. The Morgan fingerprint density at radius 3 is 2.56 bits per heavy atom. The van der Waals surface area contributed by atoms with Crippen LogP contribution >= 0.6 is 11.8 Å². The van der Waals surface area contributed by atoms with Crippen molar-refractivity contribution in [3.8, 4) is 11.3 Å². The number of furan rings is 1. The molecule has 6 rings (SSSR count). The van der Waals surface area contributed by atoms with Gasteiger partial charge in [0.15, 0.2) is 5.16 Å². The smallest absolute Gasteiger partial charge is 0.258 e. The van der Waals surface area contributed by atoms with Crippen LogP contribution in [0.3, 0.4) is 0 Å². The number of fused-ring (bicyclic) bond motifs is 4. The van der Waals surface area contributed by atoms with E-state index < -0.39 is 0 Å². The van der Waals surface area contributed by atoms with Crippen LogP contribution in [0.1, 0.15) is 48.1 Å². The van der Waals surface area contributed by atoms with E-state index in [1.807, 2.05) is 22.8 Å².